The van der Waals surface area contributed by atoms with Crippen LogP contribution >= 0.6 is 11.3 Å². The van der Waals surface area contributed by atoms with Crippen molar-refractivity contribution in [1.82, 2.24) is 9.88 Å². The summed E-state index contributed by atoms with van der Waals surface area (Å²) in [7, 11) is 0. The number of benzene rings is 1. The van der Waals surface area contributed by atoms with Gasteiger partial charge in [0.15, 0.2) is 11.7 Å². The SMILES string of the molecule is Cc1csc(NC(=O)COC(=O)C2CCN(C(=O)c3ccc(F)cc3F)CC2)n1. The highest BCUT2D eigenvalue weighted by Crippen LogP contribution is 2.22. The summed E-state index contributed by atoms with van der Waals surface area (Å²) in [5.41, 5.74) is 0.575. The highest BCUT2D eigenvalue weighted by Gasteiger charge is 2.30. The molecule has 0 atom stereocenters. The van der Waals surface area contributed by atoms with Gasteiger partial charge in [0.1, 0.15) is 11.6 Å². The van der Waals surface area contributed by atoms with Gasteiger partial charge in [-0.15, -0.1) is 11.3 Å². The van der Waals surface area contributed by atoms with Gasteiger partial charge in [-0.05, 0) is 31.9 Å². The number of carbonyl (C=O) groups excluding carboxylic acids is 3. The number of aryl methyl sites for hydroxylation is 1. The van der Waals surface area contributed by atoms with E-state index in [9.17, 15) is 23.2 Å². The Kier molecular flexibility index (Phi) is 6.53. The predicted octanol–water partition coefficient (Wildman–Crippen LogP) is 2.76. The first kappa shape index (κ1) is 20.8. The predicted molar refractivity (Wildman–Crippen MR) is 101 cm³/mol. The van der Waals surface area contributed by atoms with E-state index in [1.54, 1.807) is 12.3 Å². The van der Waals surface area contributed by atoms with E-state index < -0.39 is 41.9 Å². The second-order valence-corrected chi connectivity index (χ2v) is 7.50. The number of ether oxygens (including phenoxy) is 1. The highest BCUT2D eigenvalue weighted by atomic mass is 32.1. The van der Waals surface area contributed by atoms with Crippen LogP contribution in [0.3, 0.4) is 0 Å². The minimum atomic E-state index is -0.919. The second-order valence-electron chi connectivity index (χ2n) is 6.64. The first-order valence-electron chi connectivity index (χ1n) is 8.96. The van der Waals surface area contributed by atoms with Crippen molar-refractivity contribution in [3.05, 3.63) is 46.5 Å². The second kappa shape index (κ2) is 9.08. The molecule has 2 heterocycles. The van der Waals surface area contributed by atoms with E-state index in [4.69, 9.17) is 4.74 Å². The fourth-order valence-corrected chi connectivity index (χ4v) is 3.68. The van der Waals surface area contributed by atoms with Gasteiger partial charge in [0.05, 0.1) is 17.2 Å². The van der Waals surface area contributed by atoms with Crippen molar-refractivity contribution in [3.63, 3.8) is 0 Å². The van der Waals surface area contributed by atoms with Crippen LogP contribution < -0.4 is 5.32 Å². The zero-order valence-corrected chi connectivity index (χ0v) is 16.4. The number of hydrogen-bond donors (Lipinski definition) is 1. The lowest BCUT2D eigenvalue weighted by molar-refractivity contribution is -0.152. The Morgan fingerprint density at radius 3 is 2.62 bits per heavy atom. The van der Waals surface area contributed by atoms with Crippen LogP contribution in [0.5, 0.6) is 0 Å². The average molecular weight is 423 g/mol. The molecule has 2 amide bonds. The maximum absolute atomic E-state index is 13.8. The Bertz CT molecular complexity index is 926. The Hall–Kier alpha value is -2.88. The maximum atomic E-state index is 13.8. The molecule has 1 fully saturated rings. The molecule has 0 spiro atoms. The average Bonchev–Trinajstić information content (AvgIpc) is 3.10. The molecular weight excluding hydrogens is 404 g/mol. The Labute approximate surface area is 169 Å². The van der Waals surface area contributed by atoms with Crippen molar-refractivity contribution >= 4 is 34.3 Å². The zero-order chi connectivity index (χ0) is 21.0. The summed E-state index contributed by atoms with van der Waals surface area (Å²) in [5.74, 6) is -3.67. The molecule has 2 aromatic rings. The molecule has 1 saturated heterocycles. The number of rotatable bonds is 5. The molecule has 1 aliphatic heterocycles. The Morgan fingerprint density at radius 1 is 1.28 bits per heavy atom. The van der Waals surface area contributed by atoms with Gasteiger partial charge in [0.2, 0.25) is 0 Å². The minimum absolute atomic E-state index is 0.207. The number of amides is 2. The first-order valence-corrected chi connectivity index (χ1v) is 9.84. The van der Waals surface area contributed by atoms with Gasteiger partial charge in [-0.25, -0.2) is 13.8 Å². The molecular formula is C19H19F2N3O4S. The van der Waals surface area contributed by atoms with Crippen molar-refractivity contribution in [1.29, 1.82) is 0 Å². The zero-order valence-electron chi connectivity index (χ0n) is 15.6. The number of piperidine rings is 1. The van der Waals surface area contributed by atoms with Crippen molar-refractivity contribution in [3.8, 4) is 0 Å². The van der Waals surface area contributed by atoms with Crippen LogP contribution in [-0.4, -0.2) is 47.4 Å². The van der Waals surface area contributed by atoms with Gasteiger partial charge in [-0.3, -0.25) is 19.7 Å². The molecule has 1 aromatic heterocycles. The minimum Gasteiger partial charge on any atom is -0.455 e. The third-order valence-corrected chi connectivity index (χ3v) is 5.36. The van der Waals surface area contributed by atoms with Crippen molar-refractivity contribution in [2.45, 2.75) is 19.8 Å². The topological polar surface area (TPSA) is 88.6 Å². The van der Waals surface area contributed by atoms with Crippen LogP contribution in [0.25, 0.3) is 0 Å². The summed E-state index contributed by atoms with van der Waals surface area (Å²) in [5, 5.41) is 4.77. The number of halogens is 2. The van der Waals surface area contributed by atoms with Gasteiger partial charge in [-0.1, -0.05) is 0 Å². The number of anilines is 1. The number of nitrogens with zero attached hydrogens (tertiary/aromatic N) is 2. The number of aromatic nitrogens is 1. The van der Waals surface area contributed by atoms with Crippen LogP contribution in [0.2, 0.25) is 0 Å². The molecule has 0 bridgehead atoms. The summed E-state index contributed by atoms with van der Waals surface area (Å²) in [6, 6.07) is 2.80. The van der Waals surface area contributed by atoms with Crippen LogP contribution in [0, 0.1) is 24.5 Å². The van der Waals surface area contributed by atoms with Crippen LogP contribution in [0.4, 0.5) is 13.9 Å². The van der Waals surface area contributed by atoms with E-state index in [0.717, 1.165) is 17.8 Å². The van der Waals surface area contributed by atoms with Crippen molar-refractivity contribution in [2.75, 3.05) is 25.0 Å². The molecule has 0 aliphatic carbocycles. The molecule has 7 nitrogen and oxygen atoms in total. The third kappa shape index (κ3) is 5.35. The largest absolute Gasteiger partial charge is 0.455 e. The molecule has 0 unspecified atom stereocenters. The van der Waals surface area contributed by atoms with Crippen LogP contribution in [0.1, 0.15) is 28.9 Å². The molecule has 10 heteroatoms. The van der Waals surface area contributed by atoms with Gasteiger partial charge in [0.25, 0.3) is 11.8 Å². The highest BCUT2D eigenvalue weighted by molar-refractivity contribution is 7.13. The van der Waals surface area contributed by atoms with E-state index >= 15 is 0 Å². The quantitative estimate of drug-likeness (QED) is 0.747. The summed E-state index contributed by atoms with van der Waals surface area (Å²) < 4.78 is 31.8. The lowest BCUT2D eigenvalue weighted by Crippen LogP contribution is -2.41. The summed E-state index contributed by atoms with van der Waals surface area (Å²) in [4.78, 5) is 41.9. The first-order chi connectivity index (χ1) is 13.8. The van der Waals surface area contributed by atoms with Gasteiger partial charge in [0, 0.05) is 24.5 Å². The van der Waals surface area contributed by atoms with E-state index in [-0.39, 0.29) is 18.7 Å². The molecule has 29 heavy (non-hydrogen) atoms. The smallest absolute Gasteiger partial charge is 0.309 e. The Morgan fingerprint density at radius 2 is 2.00 bits per heavy atom. The van der Waals surface area contributed by atoms with Crippen molar-refractivity contribution < 1.29 is 27.9 Å². The summed E-state index contributed by atoms with van der Waals surface area (Å²) >= 11 is 1.27. The molecule has 1 aliphatic rings. The van der Waals surface area contributed by atoms with Crippen molar-refractivity contribution in [2.24, 2.45) is 5.92 Å². The maximum Gasteiger partial charge on any atom is 0.309 e. The molecule has 0 saturated carbocycles. The van der Waals surface area contributed by atoms with Gasteiger partial charge >= 0.3 is 5.97 Å². The number of likely N-dealkylation sites (tertiary alicyclic amines) is 1. The van der Waals surface area contributed by atoms with Gasteiger partial charge in [-0.2, -0.15) is 0 Å². The molecule has 1 N–H and O–H groups in total. The summed E-state index contributed by atoms with van der Waals surface area (Å²) in [6.07, 6.45) is 0.668. The third-order valence-electron chi connectivity index (χ3n) is 4.49. The molecule has 1 aromatic carbocycles. The normalized spacial score (nSPS) is 14.5. The van der Waals surface area contributed by atoms with E-state index in [1.165, 1.54) is 16.2 Å². The van der Waals surface area contributed by atoms with E-state index in [2.05, 4.69) is 10.3 Å². The number of thiazole rings is 1. The monoisotopic (exact) mass is 423 g/mol. The van der Waals surface area contributed by atoms with Crippen LogP contribution in [-0.2, 0) is 14.3 Å². The molecule has 0 radical (unpaired) electrons. The fourth-order valence-electron chi connectivity index (χ4n) is 2.97. The molecule has 3 rings (SSSR count). The standard InChI is InChI=1S/C19H19F2N3O4S/c1-11-10-29-19(22-11)23-16(25)9-28-18(27)12-4-6-24(7-5-12)17(26)14-3-2-13(20)8-15(14)21/h2-3,8,10,12H,4-7,9H2,1H3,(H,22,23,25). The van der Waals surface area contributed by atoms with Crippen LogP contribution in [0.15, 0.2) is 23.6 Å². The molecule has 154 valence electrons. The Balaban J connectivity index is 1.45. The summed E-state index contributed by atoms with van der Waals surface area (Å²) in [6.45, 7) is 1.85. The van der Waals surface area contributed by atoms with Gasteiger partial charge < -0.3 is 9.64 Å². The number of hydrogen-bond acceptors (Lipinski definition) is 6. The number of esters is 1. The number of carbonyl (C=O) groups is 3. The fraction of sp³-hybridized carbons (Fsp3) is 0.368. The van der Waals surface area contributed by atoms with E-state index in [1.807, 2.05) is 0 Å². The lowest BCUT2D eigenvalue weighted by atomic mass is 9.96. The number of nitrogens with one attached hydrogen (secondary N) is 1. The lowest BCUT2D eigenvalue weighted by Gasteiger charge is -2.31. The van der Waals surface area contributed by atoms with E-state index in [0.29, 0.717) is 24.0 Å².